The minimum atomic E-state index is -0.268. The van der Waals surface area contributed by atoms with Crippen molar-refractivity contribution in [1.29, 1.82) is 0 Å². The highest BCUT2D eigenvalue weighted by Crippen LogP contribution is 2.32. The Morgan fingerprint density at radius 3 is 2.62 bits per heavy atom. The van der Waals surface area contributed by atoms with Crippen LogP contribution in [0.2, 0.25) is 0 Å². The Morgan fingerprint density at radius 2 is 1.78 bits per heavy atom. The fraction of sp³-hybridized carbons (Fsp3) is 0.292. The summed E-state index contributed by atoms with van der Waals surface area (Å²) in [7, 11) is 0. The number of ketones is 1. The van der Waals surface area contributed by atoms with Gasteiger partial charge in [-0.05, 0) is 48.7 Å². The molecule has 0 aromatic heterocycles. The van der Waals surface area contributed by atoms with Crippen molar-refractivity contribution in [2.24, 2.45) is 0 Å². The number of rotatable bonds is 4. The fourth-order valence-electron chi connectivity index (χ4n) is 4.31. The molecule has 2 aromatic carbocycles. The summed E-state index contributed by atoms with van der Waals surface area (Å²) < 4.78 is 10.5. The molecule has 0 radical (unpaired) electrons. The zero-order valence-corrected chi connectivity index (χ0v) is 17.5. The van der Waals surface area contributed by atoms with Gasteiger partial charge in [-0.1, -0.05) is 18.2 Å². The lowest BCUT2D eigenvalue weighted by Crippen LogP contribution is -2.50. The fourth-order valence-corrected chi connectivity index (χ4v) is 4.31. The number of carbonyl (C=O) groups is 3. The van der Waals surface area contributed by atoms with E-state index in [1.165, 1.54) is 12.2 Å². The first kappa shape index (κ1) is 20.1. The van der Waals surface area contributed by atoms with Crippen LogP contribution in [-0.2, 0) is 11.3 Å². The molecule has 3 heterocycles. The van der Waals surface area contributed by atoms with E-state index in [0.717, 1.165) is 11.3 Å². The number of fused-ring (bicyclic) bond motifs is 2. The number of ether oxygens (including phenoxy) is 2. The molecule has 0 aliphatic carbocycles. The number of likely N-dealkylation sites (tertiary alicyclic amines) is 1. The van der Waals surface area contributed by atoms with E-state index in [0.29, 0.717) is 49.5 Å². The van der Waals surface area contributed by atoms with Crippen molar-refractivity contribution in [3.63, 3.8) is 0 Å². The number of carbonyl (C=O) groups excluding carboxylic acids is 3. The number of nitrogens with one attached hydrogen (secondary N) is 1. The van der Waals surface area contributed by atoms with Crippen molar-refractivity contribution < 1.29 is 23.9 Å². The molecule has 1 fully saturated rings. The molecular formula is C24H23N3O5. The number of amides is 3. The van der Waals surface area contributed by atoms with Gasteiger partial charge in [-0.15, -0.1) is 0 Å². The third kappa shape index (κ3) is 3.91. The second-order valence-electron chi connectivity index (χ2n) is 8.04. The molecule has 3 amide bonds. The van der Waals surface area contributed by atoms with E-state index in [2.05, 4.69) is 5.32 Å². The molecule has 3 aliphatic rings. The van der Waals surface area contributed by atoms with Crippen LogP contribution < -0.4 is 14.8 Å². The Kier molecular flexibility index (Phi) is 5.26. The Balaban J connectivity index is 1.16. The molecule has 0 unspecified atom stereocenters. The van der Waals surface area contributed by atoms with Crippen molar-refractivity contribution in [2.75, 3.05) is 25.2 Å². The van der Waals surface area contributed by atoms with Gasteiger partial charge in [-0.3, -0.25) is 9.59 Å². The highest BCUT2D eigenvalue weighted by Gasteiger charge is 2.32. The van der Waals surface area contributed by atoms with Crippen LogP contribution in [0.4, 0.5) is 10.5 Å². The Labute approximate surface area is 185 Å². The second-order valence-corrected chi connectivity index (χ2v) is 8.04. The van der Waals surface area contributed by atoms with Gasteiger partial charge in [-0.25, -0.2) is 4.79 Å². The molecule has 1 N–H and O–H groups in total. The molecule has 0 atom stereocenters. The summed E-state index contributed by atoms with van der Waals surface area (Å²) >= 11 is 0. The number of allylic oxidation sites excluding steroid dienone is 1. The molecule has 0 saturated carbocycles. The predicted molar refractivity (Wildman–Crippen MR) is 117 cm³/mol. The standard InChI is InChI=1S/C24H23N3O5/c28-20(16-5-7-21-22(13-16)32-15-31-21)6-8-23(29)26-11-9-18(10-12-26)27-14-17-3-1-2-4-19(17)25-24(27)30/h1-8,13,18H,9-12,14-15H2,(H,25,30). The molecule has 8 heteroatoms. The highest BCUT2D eigenvalue weighted by atomic mass is 16.7. The Bertz CT molecular complexity index is 1100. The Hall–Kier alpha value is -3.81. The number of hydrogen-bond donors (Lipinski definition) is 1. The molecule has 0 spiro atoms. The van der Waals surface area contributed by atoms with Gasteiger partial charge in [-0.2, -0.15) is 0 Å². The maximum atomic E-state index is 12.6. The quantitative estimate of drug-likeness (QED) is 0.591. The van der Waals surface area contributed by atoms with Gasteiger partial charge in [0.1, 0.15) is 0 Å². The second kappa shape index (κ2) is 8.37. The minimum absolute atomic E-state index is 0.0756. The van der Waals surface area contributed by atoms with Crippen molar-refractivity contribution >= 4 is 23.4 Å². The van der Waals surface area contributed by atoms with Gasteiger partial charge in [0.2, 0.25) is 12.7 Å². The van der Waals surface area contributed by atoms with Crippen molar-refractivity contribution in [3.8, 4) is 11.5 Å². The summed E-state index contributed by atoms with van der Waals surface area (Å²) in [6, 6.07) is 12.7. The largest absolute Gasteiger partial charge is 0.454 e. The lowest BCUT2D eigenvalue weighted by molar-refractivity contribution is -0.127. The van der Waals surface area contributed by atoms with Crippen LogP contribution in [0.15, 0.2) is 54.6 Å². The average Bonchev–Trinajstić information content (AvgIpc) is 3.30. The number of hydrogen-bond acceptors (Lipinski definition) is 5. The van der Waals surface area contributed by atoms with Crippen LogP contribution in [0.25, 0.3) is 0 Å². The maximum Gasteiger partial charge on any atom is 0.322 e. The van der Waals surface area contributed by atoms with E-state index in [1.54, 1.807) is 23.1 Å². The zero-order chi connectivity index (χ0) is 22.1. The van der Waals surface area contributed by atoms with Crippen LogP contribution in [0.5, 0.6) is 11.5 Å². The molecular weight excluding hydrogens is 410 g/mol. The number of piperidine rings is 1. The summed E-state index contributed by atoms with van der Waals surface area (Å²) in [5, 5.41) is 2.95. The van der Waals surface area contributed by atoms with Crippen LogP contribution >= 0.6 is 0 Å². The smallest absolute Gasteiger partial charge is 0.322 e. The maximum absolute atomic E-state index is 12.6. The number of urea groups is 1. The van der Waals surface area contributed by atoms with Crippen LogP contribution in [0.3, 0.4) is 0 Å². The summed E-state index contributed by atoms with van der Waals surface area (Å²) in [5.74, 6) is 0.665. The summed E-state index contributed by atoms with van der Waals surface area (Å²) in [6.45, 7) is 1.79. The van der Waals surface area contributed by atoms with Crippen molar-refractivity contribution in [1.82, 2.24) is 9.80 Å². The van der Waals surface area contributed by atoms with Gasteiger partial charge < -0.3 is 24.6 Å². The topological polar surface area (TPSA) is 88.2 Å². The van der Waals surface area contributed by atoms with E-state index in [-0.39, 0.29) is 30.6 Å². The number of benzene rings is 2. The SMILES string of the molecule is O=C(C=CC(=O)N1CCC(N2Cc3ccccc3NC2=O)CC1)c1ccc2c(c1)OCO2. The third-order valence-electron chi connectivity index (χ3n) is 6.11. The first-order chi connectivity index (χ1) is 15.6. The molecule has 32 heavy (non-hydrogen) atoms. The number of anilines is 1. The number of para-hydroxylation sites is 1. The molecule has 2 aromatic rings. The molecule has 3 aliphatic heterocycles. The molecule has 8 nitrogen and oxygen atoms in total. The summed E-state index contributed by atoms with van der Waals surface area (Å²) in [5.41, 5.74) is 2.39. The van der Waals surface area contributed by atoms with Crippen LogP contribution in [0.1, 0.15) is 28.8 Å². The van der Waals surface area contributed by atoms with E-state index in [9.17, 15) is 14.4 Å². The number of nitrogens with zero attached hydrogens (tertiary/aromatic N) is 2. The van der Waals surface area contributed by atoms with E-state index in [4.69, 9.17) is 9.47 Å². The van der Waals surface area contributed by atoms with Gasteiger partial charge in [0.15, 0.2) is 17.3 Å². The molecule has 0 bridgehead atoms. The molecule has 1 saturated heterocycles. The van der Waals surface area contributed by atoms with Crippen molar-refractivity contribution in [2.45, 2.75) is 25.4 Å². The Morgan fingerprint density at radius 1 is 1.00 bits per heavy atom. The lowest BCUT2D eigenvalue weighted by Gasteiger charge is -2.40. The van der Waals surface area contributed by atoms with Gasteiger partial charge >= 0.3 is 6.03 Å². The summed E-state index contributed by atoms with van der Waals surface area (Å²) in [4.78, 5) is 41.1. The highest BCUT2D eigenvalue weighted by molar-refractivity contribution is 6.08. The first-order valence-electron chi connectivity index (χ1n) is 10.6. The van der Waals surface area contributed by atoms with Gasteiger partial charge in [0.05, 0.1) is 0 Å². The van der Waals surface area contributed by atoms with Gasteiger partial charge in [0.25, 0.3) is 0 Å². The minimum Gasteiger partial charge on any atom is -0.454 e. The van der Waals surface area contributed by atoms with E-state index >= 15 is 0 Å². The predicted octanol–water partition coefficient (Wildman–Crippen LogP) is 3.19. The molecule has 5 rings (SSSR count). The lowest BCUT2D eigenvalue weighted by atomic mass is 10.0. The van der Waals surface area contributed by atoms with E-state index in [1.807, 2.05) is 29.2 Å². The van der Waals surface area contributed by atoms with Crippen LogP contribution in [-0.4, -0.2) is 53.4 Å². The third-order valence-corrected chi connectivity index (χ3v) is 6.11. The first-order valence-corrected chi connectivity index (χ1v) is 10.6. The summed E-state index contributed by atoms with van der Waals surface area (Å²) in [6.07, 6.45) is 4.01. The van der Waals surface area contributed by atoms with Crippen molar-refractivity contribution in [3.05, 3.63) is 65.7 Å². The normalized spacial score (nSPS) is 17.9. The van der Waals surface area contributed by atoms with Crippen LogP contribution in [0, 0.1) is 0 Å². The monoisotopic (exact) mass is 433 g/mol. The van der Waals surface area contributed by atoms with Gasteiger partial charge in [0, 0.05) is 43.0 Å². The molecule has 164 valence electrons. The average molecular weight is 433 g/mol. The van der Waals surface area contributed by atoms with E-state index < -0.39 is 0 Å². The zero-order valence-electron chi connectivity index (χ0n) is 17.5.